The van der Waals surface area contributed by atoms with Crippen LogP contribution >= 0.6 is 27.3 Å². The first-order chi connectivity index (χ1) is 7.99. The summed E-state index contributed by atoms with van der Waals surface area (Å²) in [6.07, 6.45) is 0. The highest BCUT2D eigenvalue weighted by Gasteiger charge is 2.17. The Bertz CT molecular complexity index is 595. The third-order valence-electron chi connectivity index (χ3n) is 2.21. The number of nitrogens with two attached hydrogens (primary N) is 1. The van der Waals surface area contributed by atoms with E-state index in [0.29, 0.717) is 5.01 Å². The molecule has 0 aliphatic heterocycles. The Morgan fingerprint density at radius 2 is 2.24 bits per heavy atom. The molecule has 1 heterocycles. The number of thiazole rings is 1. The largest absolute Gasteiger partial charge is 0.476 e. The van der Waals surface area contributed by atoms with Gasteiger partial charge in [-0.15, -0.1) is 0 Å². The normalized spacial score (nSPS) is 10.5. The zero-order valence-electron chi connectivity index (χ0n) is 8.90. The highest BCUT2D eigenvalue weighted by molar-refractivity contribution is 9.10. The van der Waals surface area contributed by atoms with Gasteiger partial charge in [-0.05, 0) is 19.1 Å². The molecule has 0 amide bonds. The Kier molecular flexibility index (Phi) is 3.17. The van der Waals surface area contributed by atoms with Gasteiger partial charge in [0.25, 0.3) is 0 Å². The van der Waals surface area contributed by atoms with E-state index in [2.05, 4.69) is 20.9 Å². The van der Waals surface area contributed by atoms with E-state index in [1.54, 1.807) is 0 Å². The number of nitrogens with zero attached hydrogens (tertiary/aromatic N) is 1. The average Bonchev–Trinajstić information content (AvgIpc) is 2.64. The Labute approximate surface area is 110 Å². The second-order valence-electron chi connectivity index (χ2n) is 3.52. The zero-order valence-corrected chi connectivity index (χ0v) is 11.3. The fourth-order valence-electron chi connectivity index (χ4n) is 1.40. The quantitative estimate of drug-likeness (QED) is 0.893. The highest BCUT2D eigenvalue weighted by atomic mass is 79.9. The van der Waals surface area contributed by atoms with Gasteiger partial charge in [0, 0.05) is 10.0 Å². The van der Waals surface area contributed by atoms with Crippen LogP contribution in [0, 0.1) is 6.92 Å². The molecule has 4 nitrogen and oxygen atoms in total. The minimum Gasteiger partial charge on any atom is -0.476 e. The Morgan fingerprint density at radius 1 is 1.53 bits per heavy atom. The monoisotopic (exact) mass is 312 g/mol. The summed E-state index contributed by atoms with van der Waals surface area (Å²) in [4.78, 5) is 14.9. The maximum Gasteiger partial charge on any atom is 0.357 e. The van der Waals surface area contributed by atoms with E-state index in [0.717, 1.165) is 15.6 Å². The van der Waals surface area contributed by atoms with Crippen molar-refractivity contribution in [2.24, 2.45) is 0 Å². The fraction of sp³-hybridized carbons (Fsp3) is 0.0909. The Balaban J connectivity index is 2.57. The van der Waals surface area contributed by atoms with Crippen LogP contribution in [-0.2, 0) is 0 Å². The number of rotatable bonds is 2. The van der Waals surface area contributed by atoms with Crippen LogP contribution in [0.25, 0.3) is 10.6 Å². The Morgan fingerprint density at radius 3 is 2.82 bits per heavy atom. The molecule has 2 aromatic rings. The number of aromatic nitrogens is 1. The lowest BCUT2D eigenvalue weighted by molar-refractivity contribution is 0.0692. The van der Waals surface area contributed by atoms with Crippen LogP contribution in [-0.4, -0.2) is 16.1 Å². The van der Waals surface area contributed by atoms with Gasteiger partial charge in [-0.3, -0.25) is 0 Å². The summed E-state index contributed by atoms with van der Waals surface area (Å²) in [5, 5.41) is 9.73. The van der Waals surface area contributed by atoms with Gasteiger partial charge in [0.05, 0.1) is 0 Å². The van der Waals surface area contributed by atoms with Crippen molar-refractivity contribution in [3.05, 3.63) is 33.9 Å². The van der Waals surface area contributed by atoms with Crippen LogP contribution in [0.15, 0.2) is 22.7 Å². The number of anilines is 1. The smallest absolute Gasteiger partial charge is 0.357 e. The van der Waals surface area contributed by atoms with Crippen molar-refractivity contribution in [3.8, 4) is 10.6 Å². The van der Waals surface area contributed by atoms with Gasteiger partial charge >= 0.3 is 5.97 Å². The minimum absolute atomic E-state index is 0.0848. The van der Waals surface area contributed by atoms with Crippen molar-refractivity contribution in [3.63, 3.8) is 0 Å². The lowest BCUT2D eigenvalue weighted by Gasteiger charge is -2.01. The molecule has 0 radical (unpaired) electrons. The molecule has 0 atom stereocenters. The van der Waals surface area contributed by atoms with Crippen LogP contribution < -0.4 is 5.73 Å². The van der Waals surface area contributed by atoms with Crippen LogP contribution in [0.1, 0.15) is 16.1 Å². The van der Waals surface area contributed by atoms with Gasteiger partial charge in [0.2, 0.25) is 0 Å². The lowest BCUT2D eigenvalue weighted by atomic mass is 10.1. The first-order valence-electron chi connectivity index (χ1n) is 4.75. The molecule has 6 heteroatoms. The van der Waals surface area contributed by atoms with Gasteiger partial charge < -0.3 is 10.8 Å². The molecule has 3 N–H and O–H groups in total. The molecule has 1 aromatic heterocycles. The maximum atomic E-state index is 10.9. The SMILES string of the molecule is Cc1ccc(Br)c(-c2nc(C(=O)O)c(N)s2)c1. The van der Waals surface area contributed by atoms with Crippen LogP contribution in [0.5, 0.6) is 0 Å². The molecule has 88 valence electrons. The zero-order chi connectivity index (χ0) is 12.6. The molecule has 0 spiro atoms. The molecular formula is C11H9BrN2O2S. The lowest BCUT2D eigenvalue weighted by Crippen LogP contribution is -2.00. The topological polar surface area (TPSA) is 76.2 Å². The summed E-state index contributed by atoms with van der Waals surface area (Å²) < 4.78 is 0.869. The number of aromatic carboxylic acids is 1. The molecule has 17 heavy (non-hydrogen) atoms. The molecule has 0 saturated carbocycles. The number of hydrogen-bond acceptors (Lipinski definition) is 4. The summed E-state index contributed by atoms with van der Waals surface area (Å²) in [5.41, 5.74) is 7.48. The minimum atomic E-state index is -1.10. The number of nitrogen functional groups attached to an aromatic ring is 1. The second-order valence-corrected chi connectivity index (χ2v) is 5.41. The van der Waals surface area contributed by atoms with Gasteiger partial charge in [-0.25, -0.2) is 9.78 Å². The van der Waals surface area contributed by atoms with Crippen molar-refractivity contribution in [2.45, 2.75) is 6.92 Å². The standard InChI is InChI=1S/C11H9BrN2O2S/c1-5-2-3-7(12)6(4-5)10-14-8(11(15)16)9(13)17-10/h2-4H,13H2,1H3,(H,15,16). The number of carboxylic acids is 1. The first-order valence-corrected chi connectivity index (χ1v) is 6.36. The van der Waals surface area contributed by atoms with Gasteiger partial charge in [0.15, 0.2) is 5.69 Å². The molecular weight excluding hydrogens is 304 g/mol. The second kappa shape index (κ2) is 4.46. The molecule has 0 bridgehead atoms. The van der Waals surface area contributed by atoms with E-state index in [9.17, 15) is 4.79 Å². The van der Waals surface area contributed by atoms with Crippen molar-refractivity contribution in [2.75, 3.05) is 5.73 Å². The molecule has 0 aliphatic rings. The van der Waals surface area contributed by atoms with E-state index >= 15 is 0 Å². The highest BCUT2D eigenvalue weighted by Crippen LogP contribution is 2.35. The number of carboxylic acid groups (broad SMARTS) is 1. The first kappa shape index (κ1) is 12.1. The third-order valence-corrected chi connectivity index (χ3v) is 3.82. The van der Waals surface area contributed by atoms with Gasteiger partial charge in [-0.1, -0.05) is 38.9 Å². The summed E-state index contributed by atoms with van der Waals surface area (Å²) in [7, 11) is 0. The van der Waals surface area contributed by atoms with E-state index in [1.165, 1.54) is 11.3 Å². The average molecular weight is 313 g/mol. The number of benzene rings is 1. The fourth-order valence-corrected chi connectivity index (χ4v) is 2.82. The third kappa shape index (κ3) is 2.32. The molecule has 0 unspecified atom stereocenters. The van der Waals surface area contributed by atoms with Crippen LogP contribution in [0.2, 0.25) is 0 Å². The van der Waals surface area contributed by atoms with Crippen molar-refractivity contribution in [1.82, 2.24) is 4.98 Å². The summed E-state index contributed by atoms with van der Waals surface area (Å²) in [6, 6.07) is 5.80. The van der Waals surface area contributed by atoms with Crippen LogP contribution in [0.3, 0.4) is 0 Å². The summed E-state index contributed by atoms with van der Waals surface area (Å²) >= 11 is 4.59. The molecule has 0 fully saturated rings. The van der Waals surface area contributed by atoms with Gasteiger partial charge in [-0.2, -0.15) is 0 Å². The maximum absolute atomic E-state index is 10.9. The van der Waals surface area contributed by atoms with Crippen molar-refractivity contribution in [1.29, 1.82) is 0 Å². The van der Waals surface area contributed by atoms with E-state index in [1.807, 2.05) is 25.1 Å². The molecule has 2 rings (SSSR count). The predicted molar refractivity (Wildman–Crippen MR) is 71.4 cm³/mol. The summed E-state index contributed by atoms with van der Waals surface area (Å²) in [6.45, 7) is 1.96. The van der Waals surface area contributed by atoms with E-state index in [4.69, 9.17) is 10.8 Å². The van der Waals surface area contributed by atoms with Gasteiger partial charge in [0.1, 0.15) is 10.0 Å². The number of hydrogen-bond donors (Lipinski definition) is 2. The summed E-state index contributed by atoms with van der Waals surface area (Å²) in [5.74, 6) is -1.10. The van der Waals surface area contributed by atoms with Crippen molar-refractivity contribution >= 4 is 38.2 Å². The van der Waals surface area contributed by atoms with E-state index in [-0.39, 0.29) is 10.7 Å². The predicted octanol–water partition coefficient (Wildman–Crippen LogP) is 3.16. The van der Waals surface area contributed by atoms with Crippen LogP contribution in [0.4, 0.5) is 5.00 Å². The van der Waals surface area contributed by atoms with E-state index < -0.39 is 5.97 Å². The molecule has 0 saturated heterocycles. The molecule has 0 aliphatic carbocycles. The number of aryl methyl sites for hydroxylation is 1. The molecule has 1 aromatic carbocycles. The Hall–Kier alpha value is -1.40. The number of carbonyl (C=O) groups is 1. The van der Waals surface area contributed by atoms with Crippen molar-refractivity contribution < 1.29 is 9.90 Å². The number of halogens is 1.